The molecule has 1 aliphatic rings. The Labute approximate surface area is 113 Å². The Morgan fingerprint density at radius 3 is 2.95 bits per heavy atom. The van der Waals surface area contributed by atoms with E-state index in [2.05, 4.69) is 20.6 Å². The van der Waals surface area contributed by atoms with E-state index in [1.165, 1.54) is 0 Å². The molecular formula is C14H12N4O2. The molecule has 0 radical (unpaired) electrons. The van der Waals surface area contributed by atoms with E-state index in [-0.39, 0.29) is 5.43 Å². The second-order valence-corrected chi connectivity index (χ2v) is 4.99. The van der Waals surface area contributed by atoms with E-state index in [0.29, 0.717) is 16.8 Å². The van der Waals surface area contributed by atoms with Crippen molar-refractivity contribution in [2.45, 2.75) is 25.7 Å². The summed E-state index contributed by atoms with van der Waals surface area (Å²) in [7, 11) is 0. The molecule has 2 heterocycles. The number of hydrogen-bond acceptors (Lipinski definition) is 5. The molecular weight excluding hydrogens is 256 g/mol. The summed E-state index contributed by atoms with van der Waals surface area (Å²) in [5.41, 5.74) is 2.29. The molecule has 1 aromatic carbocycles. The lowest BCUT2D eigenvalue weighted by atomic mass is 9.95. The molecule has 6 nitrogen and oxygen atoms in total. The molecule has 2 aromatic heterocycles. The van der Waals surface area contributed by atoms with Gasteiger partial charge in [0.2, 0.25) is 5.82 Å². The first kappa shape index (κ1) is 11.3. The number of aryl methyl sites for hydroxylation is 1. The molecule has 4 rings (SSSR count). The summed E-state index contributed by atoms with van der Waals surface area (Å²) in [5.74, 6) is 1.32. The highest BCUT2D eigenvalue weighted by atomic mass is 16.3. The van der Waals surface area contributed by atoms with Gasteiger partial charge in [-0.25, -0.2) is 0 Å². The molecule has 0 atom stereocenters. The lowest BCUT2D eigenvalue weighted by molar-refractivity contribution is 0.487. The lowest BCUT2D eigenvalue weighted by Crippen LogP contribution is -2.16. The van der Waals surface area contributed by atoms with Crippen molar-refractivity contribution < 1.29 is 4.42 Å². The molecule has 6 heteroatoms. The third kappa shape index (κ3) is 1.65. The number of H-pyrrole nitrogens is 1. The number of tetrazole rings is 1. The van der Waals surface area contributed by atoms with Gasteiger partial charge in [-0.3, -0.25) is 4.79 Å². The number of rotatable bonds is 1. The highest BCUT2D eigenvalue weighted by Crippen LogP contribution is 2.25. The van der Waals surface area contributed by atoms with Crippen LogP contribution in [0.1, 0.15) is 24.2 Å². The molecule has 0 saturated heterocycles. The standard InChI is InChI=1S/C14H12N4O2/c19-13-9-3-1-2-4-11(9)20-12-6-5-8(7-10(12)13)14-15-17-18-16-14/h5-7H,1-4H2,(H,15,16,17,18). The van der Waals surface area contributed by atoms with Gasteiger partial charge in [0.1, 0.15) is 11.3 Å². The number of aromatic amines is 1. The van der Waals surface area contributed by atoms with Crippen LogP contribution >= 0.6 is 0 Å². The summed E-state index contributed by atoms with van der Waals surface area (Å²) < 4.78 is 5.87. The van der Waals surface area contributed by atoms with Crippen molar-refractivity contribution in [1.82, 2.24) is 20.6 Å². The predicted molar refractivity (Wildman–Crippen MR) is 72.3 cm³/mol. The molecule has 100 valence electrons. The minimum atomic E-state index is 0.0753. The van der Waals surface area contributed by atoms with Crippen molar-refractivity contribution in [3.05, 3.63) is 39.7 Å². The number of benzene rings is 1. The van der Waals surface area contributed by atoms with Gasteiger partial charge in [0.05, 0.1) is 5.39 Å². The zero-order chi connectivity index (χ0) is 13.5. The van der Waals surface area contributed by atoms with Crippen molar-refractivity contribution in [2.24, 2.45) is 0 Å². The van der Waals surface area contributed by atoms with Crippen LogP contribution in [-0.2, 0) is 12.8 Å². The zero-order valence-electron chi connectivity index (χ0n) is 10.7. The molecule has 0 bridgehead atoms. The summed E-state index contributed by atoms with van der Waals surface area (Å²) in [4.78, 5) is 12.6. The van der Waals surface area contributed by atoms with E-state index in [1.54, 1.807) is 12.1 Å². The number of hydrogen-bond donors (Lipinski definition) is 1. The van der Waals surface area contributed by atoms with Crippen LogP contribution in [0.5, 0.6) is 0 Å². The average molecular weight is 268 g/mol. The smallest absolute Gasteiger partial charge is 0.204 e. The van der Waals surface area contributed by atoms with Gasteiger partial charge in [-0.2, -0.15) is 5.21 Å². The van der Waals surface area contributed by atoms with Crippen LogP contribution in [0.3, 0.4) is 0 Å². The van der Waals surface area contributed by atoms with Crippen LogP contribution in [0.25, 0.3) is 22.4 Å². The molecule has 1 N–H and O–H groups in total. The lowest BCUT2D eigenvalue weighted by Gasteiger charge is -2.14. The first-order valence-corrected chi connectivity index (χ1v) is 6.65. The molecule has 0 fully saturated rings. The first-order valence-electron chi connectivity index (χ1n) is 6.65. The predicted octanol–water partition coefficient (Wildman–Crippen LogP) is 1.85. The topological polar surface area (TPSA) is 84.7 Å². The van der Waals surface area contributed by atoms with Crippen LogP contribution in [0.15, 0.2) is 27.4 Å². The Balaban J connectivity index is 1.98. The Morgan fingerprint density at radius 2 is 2.10 bits per heavy atom. The van der Waals surface area contributed by atoms with Crippen LogP contribution in [0.4, 0.5) is 0 Å². The van der Waals surface area contributed by atoms with E-state index in [0.717, 1.165) is 42.6 Å². The normalized spacial score (nSPS) is 14.4. The summed E-state index contributed by atoms with van der Waals surface area (Å²) in [6, 6.07) is 5.42. The SMILES string of the molecule is O=c1c2c(oc3ccc(-c4nn[nH]n4)cc13)CCCC2. The highest BCUT2D eigenvalue weighted by Gasteiger charge is 2.18. The fraction of sp³-hybridized carbons (Fsp3) is 0.286. The van der Waals surface area contributed by atoms with Crippen molar-refractivity contribution in [2.75, 3.05) is 0 Å². The van der Waals surface area contributed by atoms with E-state index in [1.807, 2.05) is 6.07 Å². The Kier molecular flexibility index (Phi) is 2.42. The summed E-state index contributed by atoms with van der Waals surface area (Å²) in [6.07, 6.45) is 3.79. The van der Waals surface area contributed by atoms with Gasteiger partial charge in [0.25, 0.3) is 0 Å². The Bertz CT molecular complexity index is 836. The van der Waals surface area contributed by atoms with E-state index in [4.69, 9.17) is 4.42 Å². The van der Waals surface area contributed by atoms with Crippen molar-refractivity contribution >= 4 is 11.0 Å². The zero-order valence-corrected chi connectivity index (χ0v) is 10.7. The van der Waals surface area contributed by atoms with Gasteiger partial charge >= 0.3 is 0 Å². The summed E-state index contributed by atoms with van der Waals surface area (Å²) >= 11 is 0. The fourth-order valence-corrected chi connectivity index (χ4v) is 2.75. The van der Waals surface area contributed by atoms with Crippen molar-refractivity contribution in [3.8, 4) is 11.4 Å². The van der Waals surface area contributed by atoms with Gasteiger partial charge in [-0.15, -0.1) is 10.2 Å². The van der Waals surface area contributed by atoms with Gasteiger partial charge in [0, 0.05) is 17.5 Å². The maximum absolute atomic E-state index is 12.6. The fourth-order valence-electron chi connectivity index (χ4n) is 2.75. The second-order valence-electron chi connectivity index (χ2n) is 4.99. The maximum Gasteiger partial charge on any atom is 0.204 e. The van der Waals surface area contributed by atoms with Crippen LogP contribution in [0, 0.1) is 0 Å². The van der Waals surface area contributed by atoms with Crippen LogP contribution < -0.4 is 5.43 Å². The third-order valence-electron chi connectivity index (χ3n) is 3.75. The monoisotopic (exact) mass is 268 g/mol. The number of fused-ring (bicyclic) bond motifs is 2. The molecule has 20 heavy (non-hydrogen) atoms. The van der Waals surface area contributed by atoms with E-state index >= 15 is 0 Å². The van der Waals surface area contributed by atoms with Crippen LogP contribution in [-0.4, -0.2) is 20.6 Å². The first-order chi connectivity index (χ1) is 9.83. The van der Waals surface area contributed by atoms with Gasteiger partial charge in [-0.1, -0.05) is 0 Å². The van der Waals surface area contributed by atoms with Gasteiger partial charge in [-0.05, 0) is 42.7 Å². The highest BCUT2D eigenvalue weighted by molar-refractivity contribution is 5.82. The number of nitrogens with one attached hydrogen (secondary N) is 1. The molecule has 0 aliphatic heterocycles. The quantitative estimate of drug-likeness (QED) is 0.728. The van der Waals surface area contributed by atoms with Crippen molar-refractivity contribution in [1.29, 1.82) is 0 Å². The molecule has 1 aliphatic carbocycles. The maximum atomic E-state index is 12.6. The molecule has 0 unspecified atom stereocenters. The third-order valence-corrected chi connectivity index (χ3v) is 3.75. The molecule has 3 aromatic rings. The minimum absolute atomic E-state index is 0.0753. The van der Waals surface area contributed by atoms with E-state index < -0.39 is 0 Å². The average Bonchev–Trinajstić information content (AvgIpc) is 3.02. The Hall–Kier alpha value is -2.50. The van der Waals surface area contributed by atoms with Crippen molar-refractivity contribution in [3.63, 3.8) is 0 Å². The van der Waals surface area contributed by atoms with Crippen LogP contribution in [0.2, 0.25) is 0 Å². The minimum Gasteiger partial charge on any atom is -0.461 e. The van der Waals surface area contributed by atoms with E-state index in [9.17, 15) is 4.79 Å². The molecule has 0 saturated carbocycles. The Morgan fingerprint density at radius 1 is 1.20 bits per heavy atom. The summed E-state index contributed by atoms with van der Waals surface area (Å²) in [5, 5.41) is 14.4. The second kappa shape index (κ2) is 4.26. The number of nitrogens with zero attached hydrogens (tertiary/aromatic N) is 3. The summed E-state index contributed by atoms with van der Waals surface area (Å²) in [6.45, 7) is 0. The molecule has 0 amide bonds. The largest absolute Gasteiger partial charge is 0.461 e. The van der Waals surface area contributed by atoms with Gasteiger partial charge < -0.3 is 4.42 Å². The van der Waals surface area contributed by atoms with Gasteiger partial charge in [0.15, 0.2) is 5.43 Å². The number of aromatic nitrogens is 4. The molecule has 0 spiro atoms.